The number of aromatic nitrogens is 4. The van der Waals surface area contributed by atoms with Gasteiger partial charge in [0.2, 0.25) is 0 Å². The Balaban J connectivity index is 0.00000243. The van der Waals surface area contributed by atoms with Gasteiger partial charge in [-0.1, -0.05) is 25.1 Å². The lowest BCUT2D eigenvalue weighted by molar-refractivity contribution is 0.805. The first-order valence-electron chi connectivity index (χ1n) is 8.11. The number of nitrogens with one attached hydrogen (secondary N) is 3. The Labute approximate surface area is 173 Å². The van der Waals surface area contributed by atoms with Gasteiger partial charge < -0.3 is 10.6 Å². The molecule has 3 N–H and O–H groups in total. The molecular weight excluding hydrogens is 461 g/mol. The lowest BCUT2D eigenvalue weighted by atomic mass is 10.1. The zero-order valence-corrected chi connectivity index (χ0v) is 17.8. The molecule has 3 rings (SSSR count). The SMILES string of the molecule is CCc1cnc(CNC(=NC)NCc2cccc(-c3ncn[nH]3)c2)s1.I. The Bertz CT molecular complexity index is 829. The van der Waals surface area contributed by atoms with Crippen molar-refractivity contribution in [3.05, 3.63) is 52.2 Å². The minimum absolute atomic E-state index is 0. The van der Waals surface area contributed by atoms with Gasteiger partial charge in [-0.3, -0.25) is 10.1 Å². The number of hydrogen-bond donors (Lipinski definition) is 3. The average Bonchev–Trinajstić information content (AvgIpc) is 3.34. The number of H-pyrrole nitrogens is 1. The van der Waals surface area contributed by atoms with E-state index in [4.69, 9.17) is 0 Å². The van der Waals surface area contributed by atoms with Crippen molar-refractivity contribution in [2.24, 2.45) is 4.99 Å². The summed E-state index contributed by atoms with van der Waals surface area (Å²) in [5.41, 5.74) is 2.15. The van der Waals surface area contributed by atoms with Crippen LogP contribution in [0.25, 0.3) is 11.4 Å². The molecule has 7 nitrogen and oxygen atoms in total. The van der Waals surface area contributed by atoms with Crippen LogP contribution in [0.3, 0.4) is 0 Å². The van der Waals surface area contributed by atoms with Gasteiger partial charge in [-0.2, -0.15) is 5.10 Å². The summed E-state index contributed by atoms with van der Waals surface area (Å²) in [4.78, 5) is 14.1. The second-order valence-electron chi connectivity index (χ2n) is 5.39. The minimum Gasteiger partial charge on any atom is -0.352 e. The van der Waals surface area contributed by atoms with Crippen molar-refractivity contribution in [2.75, 3.05) is 7.05 Å². The fourth-order valence-corrected chi connectivity index (χ4v) is 3.13. The second kappa shape index (κ2) is 10.2. The first-order chi connectivity index (χ1) is 12.3. The molecule has 9 heteroatoms. The molecule has 2 heterocycles. The van der Waals surface area contributed by atoms with Crippen molar-refractivity contribution in [2.45, 2.75) is 26.4 Å². The summed E-state index contributed by atoms with van der Waals surface area (Å²) in [6.07, 6.45) is 4.47. The van der Waals surface area contributed by atoms with E-state index in [0.717, 1.165) is 34.3 Å². The van der Waals surface area contributed by atoms with Crippen LogP contribution in [0.15, 0.2) is 41.8 Å². The molecule has 0 unspecified atom stereocenters. The van der Waals surface area contributed by atoms with Crippen LogP contribution in [0.4, 0.5) is 0 Å². The Hall–Kier alpha value is -2.01. The molecule has 0 aliphatic rings. The summed E-state index contributed by atoms with van der Waals surface area (Å²) in [6.45, 7) is 3.47. The van der Waals surface area contributed by atoms with Crippen LogP contribution in [-0.2, 0) is 19.5 Å². The Kier molecular flexibility index (Phi) is 7.98. The molecule has 26 heavy (non-hydrogen) atoms. The first-order valence-corrected chi connectivity index (χ1v) is 8.93. The van der Waals surface area contributed by atoms with Crippen LogP contribution in [0.5, 0.6) is 0 Å². The van der Waals surface area contributed by atoms with Gasteiger partial charge in [-0.05, 0) is 18.1 Å². The van der Waals surface area contributed by atoms with E-state index < -0.39 is 0 Å². The van der Waals surface area contributed by atoms with Gasteiger partial charge in [0.15, 0.2) is 11.8 Å². The van der Waals surface area contributed by atoms with E-state index in [0.29, 0.717) is 13.1 Å². The van der Waals surface area contributed by atoms with Crippen LogP contribution in [0, 0.1) is 0 Å². The van der Waals surface area contributed by atoms with E-state index in [1.54, 1.807) is 18.4 Å². The van der Waals surface area contributed by atoms with Crippen LogP contribution in [0.2, 0.25) is 0 Å². The summed E-state index contributed by atoms with van der Waals surface area (Å²) >= 11 is 1.73. The summed E-state index contributed by atoms with van der Waals surface area (Å²) in [7, 11) is 1.76. The number of aliphatic imine (C=N–C) groups is 1. The maximum absolute atomic E-state index is 4.41. The number of guanidine groups is 1. The molecule has 1 aromatic carbocycles. The molecule has 0 aliphatic carbocycles. The van der Waals surface area contributed by atoms with Crippen LogP contribution >= 0.6 is 35.3 Å². The van der Waals surface area contributed by atoms with Gasteiger partial charge in [0.05, 0.1) is 6.54 Å². The lowest BCUT2D eigenvalue weighted by Crippen LogP contribution is -2.36. The van der Waals surface area contributed by atoms with Crippen LogP contribution in [0.1, 0.15) is 22.4 Å². The first kappa shape index (κ1) is 20.3. The molecule has 0 spiro atoms. The zero-order valence-electron chi connectivity index (χ0n) is 14.7. The molecule has 0 saturated heterocycles. The largest absolute Gasteiger partial charge is 0.352 e. The Morgan fingerprint density at radius 3 is 2.77 bits per heavy atom. The predicted molar refractivity (Wildman–Crippen MR) is 116 cm³/mol. The minimum atomic E-state index is 0. The molecule has 138 valence electrons. The van der Waals surface area contributed by atoms with Crippen molar-refractivity contribution in [3.8, 4) is 11.4 Å². The van der Waals surface area contributed by atoms with E-state index >= 15 is 0 Å². The highest BCUT2D eigenvalue weighted by atomic mass is 127. The fraction of sp³-hybridized carbons (Fsp3) is 0.294. The third-order valence-corrected chi connectivity index (χ3v) is 4.80. The number of halogens is 1. The third-order valence-electron chi connectivity index (χ3n) is 3.66. The Morgan fingerprint density at radius 2 is 2.08 bits per heavy atom. The molecule has 0 atom stereocenters. The molecule has 0 saturated carbocycles. The average molecular weight is 483 g/mol. The third kappa shape index (κ3) is 5.49. The van der Waals surface area contributed by atoms with Gasteiger partial charge in [0.25, 0.3) is 0 Å². The summed E-state index contributed by atoms with van der Waals surface area (Å²) < 4.78 is 0. The maximum atomic E-state index is 4.41. The highest BCUT2D eigenvalue weighted by Gasteiger charge is 2.05. The number of thiazole rings is 1. The van der Waals surface area contributed by atoms with Crippen molar-refractivity contribution in [1.82, 2.24) is 30.8 Å². The van der Waals surface area contributed by atoms with Gasteiger partial charge >= 0.3 is 0 Å². The molecule has 0 radical (unpaired) electrons. The fourth-order valence-electron chi connectivity index (χ4n) is 2.33. The summed E-state index contributed by atoms with van der Waals surface area (Å²) in [5, 5.41) is 14.4. The predicted octanol–water partition coefficient (Wildman–Crippen LogP) is 2.97. The summed E-state index contributed by atoms with van der Waals surface area (Å²) in [5.74, 6) is 1.51. The monoisotopic (exact) mass is 483 g/mol. The number of rotatable bonds is 6. The van der Waals surface area contributed by atoms with Crippen molar-refractivity contribution < 1.29 is 0 Å². The number of aromatic amines is 1. The quantitative estimate of drug-likeness (QED) is 0.285. The molecule has 0 fully saturated rings. The number of nitrogens with zero attached hydrogens (tertiary/aromatic N) is 4. The normalized spacial score (nSPS) is 11.1. The van der Waals surface area contributed by atoms with Crippen molar-refractivity contribution >= 4 is 41.3 Å². The number of benzene rings is 1. The molecule has 2 aromatic heterocycles. The molecule has 0 bridgehead atoms. The second-order valence-corrected chi connectivity index (χ2v) is 6.59. The number of hydrogen-bond acceptors (Lipinski definition) is 5. The topological polar surface area (TPSA) is 90.9 Å². The maximum Gasteiger partial charge on any atom is 0.191 e. The van der Waals surface area contributed by atoms with Gasteiger partial charge in [-0.25, -0.2) is 9.97 Å². The van der Waals surface area contributed by atoms with E-state index in [1.165, 1.54) is 11.2 Å². The van der Waals surface area contributed by atoms with E-state index in [2.05, 4.69) is 54.8 Å². The van der Waals surface area contributed by atoms with E-state index in [1.807, 2.05) is 18.3 Å². The molecule has 0 aliphatic heterocycles. The van der Waals surface area contributed by atoms with Gasteiger partial charge in [0, 0.05) is 30.2 Å². The Morgan fingerprint density at radius 1 is 1.23 bits per heavy atom. The van der Waals surface area contributed by atoms with Crippen molar-refractivity contribution in [1.29, 1.82) is 0 Å². The highest BCUT2D eigenvalue weighted by molar-refractivity contribution is 14.0. The van der Waals surface area contributed by atoms with E-state index in [-0.39, 0.29) is 24.0 Å². The molecule has 3 aromatic rings. The lowest BCUT2D eigenvalue weighted by Gasteiger charge is -2.11. The summed E-state index contributed by atoms with van der Waals surface area (Å²) in [6, 6.07) is 8.15. The zero-order chi connectivity index (χ0) is 17.5. The standard InChI is InChI=1S/C17H21N7S.HI/c1-3-14-9-19-15(25-14)10-21-17(18-2)20-8-12-5-4-6-13(7-12)16-22-11-23-24-16;/h4-7,9,11H,3,8,10H2,1-2H3,(H2,18,20,21)(H,22,23,24);1H. The molecule has 0 amide bonds. The number of aryl methyl sites for hydroxylation is 1. The van der Waals surface area contributed by atoms with Crippen molar-refractivity contribution in [3.63, 3.8) is 0 Å². The molecular formula is C17H22IN7S. The van der Waals surface area contributed by atoms with Crippen LogP contribution in [-0.4, -0.2) is 33.2 Å². The van der Waals surface area contributed by atoms with Gasteiger partial charge in [-0.15, -0.1) is 35.3 Å². The van der Waals surface area contributed by atoms with Crippen LogP contribution < -0.4 is 10.6 Å². The smallest absolute Gasteiger partial charge is 0.191 e. The van der Waals surface area contributed by atoms with Gasteiger partial charge in [0.1, 0.15) is 11.3 Å². The van der Waals surface area contributed by atoms with E-state index in [9.17, 15) is 0 Å². The highest BCUT2D eigenvalue weighted by Crippen LogP contribution is 2.15.